The van der Waals surface area contributed by atoms with E-state index in [2.05, 4.69) is 10.2 Å². The van der Waals surface area contributed by atoms with Crippen LogP contribution >= 0.6 is 12.2 Å². The fourth-order valence-electron chi connectivity index (χ4n) is 1.50. The number of H-pyrrole nitrogens is 1. The summed E-state index contributed by atoms with van der Waals surface area (Å²) in [7, 11) is 0. The molecule has 0 bridgehead atoms. The molecule has 7 heteroatoms. The topological polar surface area (TPSA) is 33.6 Å². The van der Waals surface area contributed by atoms with Crippen LogP contribution in [0.4, 0.5) is 13.2 Å². The molecule has 0 amide bonds. The number of halogens is 3. The van der Waals surface area contributed by atoms with Gasteiger partial charge in [-0.3, -0.25) is 9.67 Å². The second-order valence-electron chi connectivity index (χ2n) is 3.53. The van der Waals surface area contributed by atoms with Gasteiger partial charge in [0.2, 0.25) is 0 Å². The first-order chi connectivity index (χ1) is 7.89. The predicted molar refractivity (Wildman–Crippen MR) is 58.5 cm³/mol. The van der Waals surface area contributed by atoms with Crippen molar-refractivity contribution in [1.29, 1.82) is 0 Å². The number of hydrogen-bond donors (Lipinski definition) is 1. The Morgan fingerprint density at radius 3 is 2.59 bits per heavy atom. The third-order valence-corrected chi connectivity index (χ3v) is 2.64. The molecule has 0 radical (unpaired) electrons. The van der Waals surface area contributed by atoms with Crippen molar-refractivity contribution in [2.75, 3.05) is 0 Å². The number of benzene rings is 1. The fraction of sp³-hybridized carbons (Fsp3) is 0.200. The predicted octanol–water partition coefficient (Wildman–Crippen LogP) is 3.26. The minimum atomic E-state index is -4.37. The Morgan fingerprint density at radius 2 is 2.06 bits per heavy atom. The van der Waals surface area contributed by atoms with Gasteiger partial charge in [-0.05, 0) is 36.8 Å². The lowest BCUT2D eigenvalue weighted by Gasteiger charge is -2.12. The van der Waals surface area contributed by atoms with Crippen molar-refractivity contribution in [3.05, 3.63) is 40.4 Å². The molecule has 1 heterocycles. The van der Waals surface area contributed by atoms with Crippen molar-refractivity contribution in [2.24, 2.45) is 0 Å². The van der Waals surface area contributed by atoms with Crippen LogP contribution in [0.5, 0.6) is 0 Å². The summed E-state index contributed by atoms with van der Waals surface area (Å²) in [5.74, 6) is 0. The van der Waals surface area contributed by atoms with Gasteiger partial charge >= 0.3 is 6.18 Å². The van der Waals surface area contributed by atoms with Gasteiger partial charge in [0.05, 0.1) is 5.56 Å². The van der Waals surface area contributed by atoms with Gasteiger partial charge in [-0.15, -0.1) is 0 Å². The first-order valence-corrected chi connectivity index (χ1v) is 5.10. The lowest BCUT2D eigenvalue weighted by Crippen LogP contribution is -2.08. The Hall–Kier alpha value is -1.63. The minimum absolute atomic E-state index is 0.177. The van der Waals surface area contributed by atoms with Crippen molar-refractivity contribution in [2.45, 2.75) is 13.1 Å². The SMILES string of the molecule is Cc1ccc(-n2cn[nH]c2=S)cc1C(F)(F)F. The molecule has 2 rings (SSSR count). The highest BCUT2D eigenvalue weighted by atomic mass is 32.1. The number of aryl methyl sites for hydroxylation is 1. The summed E-state index contributed by atoms with van der Waals surface area (Å²) in [6.45, 7) is 1.42. The molecule has 1 N–H and O–H groups in total. The summed E-state index contributed by atoms with van der Waals surface area (Å²) in [5, 5.41) is 6.15. The van der Waals surface area contributed by atoms with E-state index in [4.69, 9.17) is 12.2 Å². The fourth-order valence-corrected chi connectivity index (χ4v) is 1.70. The van der Waals surface area contributed by atoms with Crippen LogP contribution in [0, 0.1) is 11.7 Å². The van der Waals surface area contributed by atoms with Gasteiger partial charge in [-0.2, -0.15) is 18.3 Å². The summed E-state index contributed by atoms with van der Waals surface area (Å²) in [6.07, 6.45) is -3.03. The molecular weight excluding hydrogens is 251 g/mol. The smallest absolute Gasteiger partial charge is 0.275 e. The van der Waals surface area contributed by atoms with Crippen molar-refractivity contribution in [3.8, 4) is 5.69 Å². The zero-order valence-corrected chi connectivity index (χ0v) is 9.56. The van der Waals surface area contributed by atoms with Crippen LogP contribution in [-0.4, -0.2) is 14.8 Å². The zero-order valence-electron chi connectivity index (χ0n) is 8.75. The summed E-state index contributed by atoms with van der Waals surface area (Å²) in [5.41, 5.74) is -0.156. The van der Waals surface area contributed by atoms with E-state index < -0.39 is 11.7 Å². The van der Waals surface area contributed by atoms with Crippen molar-refractivity contribution >= 4 is 12.2 Å². The minimum Gasteiger partial charge on any atom is -0.275 e. The molecule has 0 atom stereocenters. The second kappa shape index (κ2) is 3.99. The maximum Gasteiger partial charge on any atom is 0.416 e. The normalized spacial score (nSPS) is 11.8. The van der Waals surface area contributed by atoms with E-state index in [0.717, 1.165) is 6.07 Å². The van der Waals surface area contributed by atoms with Crippen molar-refractivity contribution in [3.63, 3.8) is 0 Å². The van der Waals surface area contributed by atoms with Crippen LogP contribution in [0.2, 0.25) is 0 Å². The summed E-state index contributed by atoms with van der Waals surface area (Å²) >= 11 is 4.90. The Bertz CT molecular complexity index is 597. The summed E-state index contributed by atoms with van der Waals surface area (Å²) in [6, 6.07) is 4.03. The number of aromatic amines is 1. The van der Waals surface area contributed by atoms with E-state index >= 15 is 0 Å². The molecule has 0 unspecified atom stereocenters. The molecule has 0 aliphatic carbocycles. The molecule has 0 saturated heterocycles. The van der Waals surface area contributed by atoms with Crippen LogP contribution in [0.25, 0.3) is 5.69 Å². The van der Waals surface area contributed by atoms with Gasteiger partial charge in [0, 0.05) is 5.69 Å². The lowest BCUT2D eigenvalue weighted by molar-refractivity contribution is -0.138. The van der Waals surface area contributed by atoms with Crippen LogP contribution in [-0.2, 0) is 6.18 Å². The highest BCUT2D eigenvalue weighted by Crippen LogP contribution is 2.32. The van der Waals surface area contributed by atoms with Crippen LogP contribution in [0.1, 0.15) is 11.1 Å². The van der Waals surface area contributed by atoms with Crippen LogP contribution in [0.15, 0.2) is 24.5 Å². The molecule has 0 aliphatic heterocycles. The highest BCUT2D eigenvalue weighted by molar-refractivity contribution is 7.71. The van der Waals surface area contributed by atoms with Gasteiger partial charge in [0.15, 0.2) is 4.77 Å². The Balaban J connectivity index is 2.60. The Labute approximate surface area is 99.9 Å². The molecule has 1 aromatic heterocycles. The number of aromatic nitrogens is 3. The number of rotatable bonds is 1. The molecular formula is C10H8F3N3S. The van der Waals surface area contributed by atoms with Crippen molar-refractivity contribution in [1.82, 2.24) is 14.8 Å². The van der Waals surface area contributed by atoms with Gasteiger partial charge in [-0.1, -0.05) is 6.07 Å². The largest absolute Gasteiger partial charge is 0.416 e. The van der Waals surface area contributed by atoms with Gasteiger partial charge in [0.1, 0.15) is 6.33 Å². The summed E-state index contributed by atoms with van der Waals surface area (Å²) < 4.78 is 39.8. The third kappa shape index (κ3) is 2.23. The van der Waals surface area contributed by atoms with Gasteiger partial charge in [0.25, 0.3) is 0 Å². The molecule has 0 aliphatic rings. The Morgan fingerprint density at radius 1 is 1.35 bits per heavy atom. The first-order valence-electron chi connectivity index (χ1n) is 4.70. The summed E-state index contributed by atoms with van der Waals surface area (Å²) in [4.78, 5) is 0. The molecule has 0 spiro atoms. The molecule has 0 fully saturated rings. The second-order valence-corrected chi connectivity index (χ2v) is 3.92. The number of hydrogen-bond acceptors (Lipinski definition) is 2. The van der Waals surface area contributed by atoms with E-state index in [9.17, 15) is 13.2 Å². The van der Waals surface area contributed by atoms with Crippen molar-refractivity contribution < 1.29 is 13.2 Å². The lowest BCUT2D eigenvalue weighted by atomic mass is 10.1. The molecule has 1 aromatic carbocycles. The number of nitrogens with zero attached hydrogens (tertiary/aromatic N) is 2. The zero-order chi connectivity index (χ0) is 12.6. The van der Waals surface area contributed by atoms with E-state index in [1.807, 2.05) is 0 Å². The quantitative estimate of drug-likeness (QED) is 0.797. The van der Waals surface area contributed by atoms with E-state index in [-0.39, 0.29) is 10.3 Å². The van der Waals surface area contributed by atoms with Gasteiger partial charge < -0.3 is 0 Å². The van der Waals surface area contributed by atoms with E-state index in [1.54, 1.807) is 6.07 Å². The highest BCUT2D eigenvalue weighted by Gasteiger charge is 2.32. The molecule has 17 heavy (non-hydrogen) atoms. The number of alkyl halides is 3. The van der Waals surface area contributed by atoms with E-state index in [0.29, 0.717) is 5.69 Å². The first kappa shape index (κ1) is 11.8. The average molecular weight is 259 g/mol. The van der Waals surface area contributed by atoms with Crippen LogP contribution in [0.3, 0.4) is 0 Å². The van der Waals surface area contributed by atoms with Crippen LogP contribution < -0.4 is 0 Å². The third-order valence-electron chi connectivity index (χ3n) is 2.36. The van der Waals surface area contributed by atoms with Gasteiger partial charge in [-0.25, -0.2) is 0 Å². The van der Waals surface area contributed by atoms with E-state index in [1.165, 1.54) is 23.9 Å². The average Bonchev–Trinajstić information content (AvgIpc) is 2.63. The molecule has 90 valence electrons. The molecule has 2 aromatic rings. The standard InChI is InChI=1S/C10H8F3N3S/c1-6-2-3-7(4-8(6)10(11,12)13)16-5-14-15-9(16)17/h2-5H,1H3,(H,15,17). The molecule has 3 nitrogen and oxygen atoms in total. The Kier molecular flexibility index (Phi) is 2.78. The molecule has 0 saturated carbocycles. The number of nitrogens with one attached hydrogen (secondary N) is 1. The monoisotopic (exact) mass is 259 g/mol. The maximum absolute atomic E-state index is 12.7. The maximum atomic E-state index is 12.7.